The molecule has 0 aliphatic carbocycles. The third-order valence-corrected chi connectivity index (χ3v) is 1.44. The zero-order valence-electron chi connectivity index (χ0n) is 7.41. The molecule has 0 atom stereocenters. The third-order valence-electron chi connectivity index (χ3n) is 1.44. The van der Waals surface area contributed by atoms with Gasteiger partial charge in [-0.3, -0.25) is 0 Å². The van der Waals surface area contributed by atoms with Gasteiger partial charge in [0, 0.05) is 17.5 Å². The van der Waals surface area contributed by atoms with Gasteiger partial charge in [-0.25, -0.2) is 9.98 Å². The van der Waals surface area contributed by atoms with Crippen LogP contribution in [0.5, 0.6) is 0 Å². The maximum atomic E-state index is 4.23. The van der Waals surface area contributed by atoms with Crippen molar-refractivity contribution in [3.63, 3.8) is 0 Å². The number of amidine groups is 1. The second-order valence-electron chi connectivity index (χ2n) is 2.55. The first-order valence-corrected chi connectivity index (χ1v) is 3.85. The molecule has 2 nitrogen and oxygen atoms in total. The molecular formula is C10H12N2. The minimum absolute atomic E-state index is 0.702. The highest BCUT2D eigenvalue weighted by Gasteiger charge is 2.03. The van der Waals surface area contributed by atoms with E-state index in [0.29, 0.717) is 5.84 Å². The molecule has 0 N–H and O–H groups in total. The van der Waals surface area contributed by atoms with E-state index >= 15 is 0 Å². The number of aliphatic imine (C=N–C) groups is 2. The zero-order chi connectivity index (χ0) is 8.97. The van der Waals surface area contributed by atoms with E-state index in [-0.39, 0.29) is 0 Å². The molecule has 2 heteroatoms. The Balaban J connectivity index is 2.92. The van der Waals surface area contributed by atoms with Gasteiger partial charge in [-0.15, -0.1) is 0 Å². The van der Waals surface area contributed by atoms with Crippen LogP contribution >= 0.6 is 0 Å². The lowest BCUT2D eigenvalue weighted by molar-refractivity contribution is 1.44. The summed E-state index contributed by atoms with van der Waals surface area (Å²) in [4.78, 5) is 8.36. The summed E-state index contributed by atoms with van der Waals surface area (Å²) in [5.41, 5.74) is 1.82. The van der Waals surface area contributed by atoms with E-state index in [9.17, 15) is 0 Å². The zero-order valence-corrected chi connectivity index (χ0v) is 7.41. The quantitative estimate of drug-likeness (QED) is 0.563. The van der Waals surface area contributed by atoms with Gasteiger partial charge in [-0.2, -0.15) is 0 Å². The Hall–Kier alpha value is -1.44. The van der Waals surface area contributed by atoms with Crippen LogP contribution in [0.25, 0.3) is 0 Å². The van der Waals surface area contributed by atoms with Crippen molar-refractivity contribution in [2.45, 2.75) is 13.8 Å². The lowest BCUT2D eigenvalue weighted by Crippen LogP contribution is -2.04. The molecule has 0 fully saturated rings. The van der Waals surface area contributed by atoms with Crippen LogP contribution < -0.4 is 0 Å². The molecule has 0 aromatic heterocycles. The fourth-order valence-corrected chi connectivity index (χ4v) is 0.829. The van der Waals surface area contributed by atoms with E-state index in [4.69, 9.17) is 0 Å². The summed E-state index contributed by atoms with van der Waals surface area (Å²) in [6.07, 6.45) is 7.43. The summed E-state index contributed by atoms with van der Waals surface area (Å²) in [7, 11) is 0. The molecule has 0 aromatic rings. The third kappa shape index (κ3) is 2.02. The van der Waals surface area contributed by atoms with Crippen molar-refractivity contribution in [2.24, 2.45) is 9.98 Å². The molecule has 0 saturated carbocycles. The lowest BCUT2D eigenvalue weighted by Gasteiger charge is -2.04. The first-order chi connectivity index (χ1) is 5.74. The monoisotopic (exact) mass is 160 g/mol. The van der Waals surface area contributed by atoms with E-state index in [1.165, 1.54) is 0 Å². The Morgan fingerprint density at radius 3 is 2.92 bits per heavy atom. The summed E-state index contributed by atoms with van der Waals surface area (Å²) in [6, 6.07) is 0. The Labute approximate surface area is 72.7 Å². The molecule has 1 aliphatic rings. The summed E-state index contributed by atoms with van der Waals surface area (Å²) in [6.45, 7) is 7.68. The SMILES string of the molecule is C=C1C=CC(C)=NC1=N/C=C\C. The largest absolute Gasteiger partial charge is 0.237 e. The molecule has 0 spiro atoms. The molecule has 62 valence electrons. The molecule has 1 aliphatic heterocycles. The molecule has 0 saturated heterocycles. The molecular weight excluding hydrogens is 148 g/mol. The maximum absolute atomic E-state index is 4.23. The van der Waals surface area contributed by atoms with Gasteiger partial charge >= 0.3 is 0 Å². The molecule has 0 aromatic carbocycles. The van der Waals surface area contributed by atoms with Crippen molar-refractivity contribution in [3.05, 3.63) is 36.6 Å². The van der Waals surface area contributed by atoms with Crippen LogP contribution in [0.1, 0.15) is 13.8 Å². The first-order valence-electron chi connectivity index (χ1n) is 3.85. The van der Waals surface area contributed by atoms with Gasteiger partial charge in [0.2, 0.25) is 0 Å². The van der Waals surface area contributed by atoms with Gasteiger partial charge in [0.25, 0.3) is 0 Å². The van der Waals surface area contributed by atoms with Gasteiger partial charge < -0.3 is 0 Å². The topological polar surface area (TPSA) is 24.7 Å². The Kier molecular flexibility index (Phi) is 2.75. The molecule has 1 rings (SSSR count). The molecule has 0 unspecified atom stereocenters. The highest BCUT2D eigenvalue weighted by Crippen LogP contribution is 2.06. The van der Waals surface area contributed by atoms with E-state index in [0.717, 1.165) is 11.3 Å². The van der Waals surface area contributed by atoms with Crippen LogP contribution in [0.4, 0.5) is 0 Å². The number of allylic oxidation sites excluding steroid dienone is 2. The van der Waals surface area contributed by atoms with Gasteiger partial charge in [0.05, 0.1) is 0 Å². The number of rotatable bonds is 1. The summed E-state index contributed by atoms with van der Waals surface area (Å²) < 4.78 is 0. The van der Waals surface area contributed by atoms with Crippen LogP contribution in [-0.2, 0) is 0 Å². The average Bonchev–Trinajstić information content (AvgIpc) is 2.07. The van der Waals surface area contributed by atoms with Crippen LogP contribution in [0, 0.1) is 0 Å². The molecule has 0 bridgehead atoms. The van der Waals surface area contributed by atoms with Crippen LogP contribution in [0.15, 0.2) is 46.6 Å². The van der Waals surface area contributed by atoms with Crippen molar-refractivity contribution in [1.82, 2.24) is 0 Å². The van der Waals surface area contributed by atoms with Crippen LogP contribution in [0.3, 0.4) is 0 Å². The van der Waals surface area contributed by atoms with Crippen molar-refractivity contribution in [2.75, 3.05) is 0 Å². The molecule has 12 heavy (non-hydrogen) atoms. The highest BCUT2D eigenvalue weighted by atomic mass is 14.9. The number of dihydropyridines is 1. The molecule has 1 heterocycles. The molecule has 0 amide bonds. The minimum atomic E-state index is 0.702. The number of hydrogen-bond acceptors (Lipinski definition) is 1. The van der Waals surface area contributed by atoms with E-state index in [1.807, 2.05) is 32.1 Å². The summed E-state index contributed by atoms with van der Waals surface area (Å²) >= 11 is 0. The first kappa shape index (κ1) is 8.65. The van der Waals surface area contributed by atoms with Crippen molar-refractivity contribution in [1.29, 1.82) is 0 Å². The van der Waals surface area contributed by atoms with Crippen molar-refractivity contribution >= 4 is 11.5 Å². The van der Waals surface area contributed by atoms with Gasteiger partial charge in [0.15, 0.2) is 5.84 Å². The Morgan fingerprint density at radius 1 is 1.50 bits per heavy atom. The number of nitrogens with zero attached hydrogens (tertiary/aromatic N) is 2. The van der Waals surface area contributed by atoms with Crippen LogP contribution in [-0.4, -0.2) is 11.5 Å². The smallest absolute Gasteiger partial charge is 0.158 e. The minimum Gasteiger partial charge on any atom is -0.237 e. The molecule has 0 radical (unpaired) electrons. The van der Waals surface area contributed by atoms with E-state index < -0.39 is 0 Å². The van der Waals surface area contributed by atoms with Gasteiger partial charge in [0.1, 0.15) is 0 Å². The lowest BCUT2D eigenvalue weighted by atomic mass is 10.2. The standard InChI is InChI=1S/C10H12N2/c1-4-7-11-10-8(2)5-6-9(3)12-10/h4-7H,2H2,1,3H3/b7-4-,11-10?. The normalized spacial score (nSPS) is 20.7. The second kappa shape index (κ2) is 3.81. The maximum Gasteiger partial charge on any atom is 0.158 e. The fraction of sp³-hybridized carbons (Fsp3) is 0.200. The van der Waals surface area contributed by atoms with Crippen molar-refractivity contribution < 1.29 is 0 Å². The highest BCUT2D eigenvalue weighted by molar-refractivity contribution is 6.14. The fourth-order valence-electron chi connectivity index (χ4n) is 0.829. The summed E-state index contributed by atoms with van der Waals surface area (Å²) in [5.74, 6) is 0.702. The van der Waals surface area contributed by atoms with Crippen molar-refractivity contribution in [3.8, 4) is 0 Å². The number of hydrogen-bond donors (Lipinski definition) is 0. The second-order valence-corrected chi connectivity index (χ2v) is 2.55. The van der Waals surface area contributed by atoms with Gasteiger partial charge in [-0.1, -0.05) is 12.7 Å². The predicted molar refractivity (Wildman–Crippen MR) is 53.6 cm³/mol. The predicted octanol–water partition coefficient (Wildman–Crippen LogP) is 2.51. The average molecular weight is 160 g/mol. The Morgan fingerprint density at radius 2 is 2.25 bits per heavy atom. The van der Waals surface area contributed by atoms with E-state index in [1.54, 1.807) is 6.20 Å². The van der Waals surface area contributed by atoms with Gasteiger partial charge in [-0.05, 0) is 26.0 Å². The Bertz CT molecular complexity index is 304. The summed E-state index contributed by atoms with van der Waals surface area (Å²) in [5, 5.41) is 0. The van der Waals surface area contributed by atoms with E-state index in [2.05, 4.69) is 16.6 Å². The van der Waals surface area contributed by atoms with Crippen LogP contribution in [0.2, 0.25) is 0 Å².